The molecule has 0 unspecified atom stereocenters. The second-order valence-electron chi connectivity index (χ2n) is 6.20. The fourth-order valence-electron chi connectivity index (χ4n) is 3.36. The Kier molecular flexibility index (Phi) is 4.72. The van der Waals surface area contributed by atoms with Gasteiger partial charge in [0.1, 0.15) is 11.6 Å². The maximum absolute atomic E-state index is 12.6. The number of carbonyl (C=O) groups is 2. The van der Waals surface area contributed by atoms with E-state index in [4.69, 9.17) is 0 Å². The van der Waals surface area contributed by atoms with Gasteiger partial charge in [0.2, 0.25) is 0 Å². The van der Waals surface area contributed by atoms with E-state index in [1.54, 1.807) is 19.2 Å². The summed E-state index contributed by atoms with van der Waals surface area (Å²) in [4.78, 5) is 26.7. The summed E-state index contributed by atoms with van der Waals surface area (Å²) in [5.74, 6) is -0.771. The summed E-state index contributed by atoms with van der Waals surface area (Å²) in [6, 6.07) is 7.45. The molecular weight excluding hydrogens is 370 g/mol. The predicted octanol–water partition coefficient (Wildman–Crippen LogP) is 3.15. The molecule has 5 nitrogen and oxygen atoms in total. The SMILES string of the molecule is CN1C(=O)/C(=C(/C#N)C(=O)NC2CCCCC2)c2cc(Br)ccc21. The molecule has 0 radical (unpaired) electrons. The summed E-state index contributed by atoms with van der Waals surface area (Å²) >= 11 is 3.38. The van der Waals surface area contributed by atoms with Crippen molar-refractivity contribution in [3.05, 3.63) is 33.8 Å². The monoisotopic (exact) mass is 387 g/mol. The van der Waals surface area contributed by atoms with Gasteiger partial charge in [0.15, 0.2) is 0 Å². The highest BCUT2D eigenvalue weighted by Crippen LogP contribution is 2.39. The first kappa shape index (κ1) is 16.7. The quantitative estimate of drug-likeness (QED) is 0.625. The number of rotatable bonds is 2. The van der Waals surface area contributed by atoms with Gasteiger partial charge in [0.05, 0.1) is 11.3 Å². The zero-order valence-electron chi connectivity index (χ0n) is 13.4. The highest BCUT2D eigenvalue weighted by Gasteiger charge is 2.35. The maximum Gasteiger partial charge on any atom is 0.263 e. The Morgan fingerprint density at radius 1 is 1.33 bits per heavy atom. The van der Waals surface area contributed by atoms with Crippen LogP contribution in [0.1, 0.15) is 37.7 Å². The van der Waals surface area contributed by atoms with Crippen molar-refractivity contribution in [1.29, 1.82) is 5.26 Å². The number of carbonyl (C=O) groups excluding carboxylic acids is 2. The first-order chi connectivity index (χ1) is 11.5. The molecule has 0 atom stereocenters. The van der Waals surface area contributed by atoms with Crippen molar-refractivity contribution < 1.29 is 9.59 Å². The van der Waals surface area contributed by atoms with E-state index in [0.717, 1.165) is 30.2 Å². The van der Waals surface area contributed by atoms with E-state index in [0.29, 0.717) is 11.3 Å². The Morgan fingerprint density at radius 3 is 2.71 bits per heavy atom. The Morgan fingerprint density at radius 2 is 2.04 bits per heavy atom. The smallest absolute Gasteiger partial charge is 0.263 e. The van der Waals surface area contributed by atoms with Crippen LogP contribution in [0.25, 0.3) is 5.57 Å². The van der Waals surface area contributed by atoms with E-state index in [-0.39, 0.29) is 23.1 Å². The number of likely N-dealkylation sites (N-methyl/N-ethyl adjacent to an activating group) is 1. The molecule has 1 saturated carbocycles. The molecule has 1 aromatic rings. The lowest BCUT2D eigenvalue weighted by Gasteiger charge is -2.22. The van der Waals surface area contributed by atoms with Crippen LogP contribution in [0.15, 0.2) is 28.2 Å². The van der Waals surface area contributed by atoms with E-state index in [2.05, 4.69) is 21.2 Å². The van der Waals surface area contributed by atoms with Gasteiger partial charge in [-0.2, -0.15) is 5.26 Å². The van der Waals surface area contributed by atoms with Crippen LogP contribution in [0.3, 0.4) is 0 Å². The highest BCUT2D eigenvalue weighted by atomic mass is 79.9. The van der Waals surface area contributed by atoms with Crippen molar-refractivity contribution in [2.75, 3.05) is 11.9 Å². The maximum atomic E-state index is 12.6. The molecule has 1 aliphatic heterocycles. The molecule has 1 aromatic carbocycles. The molecule has 0 spiro atoms. The highest BCUT2D eigenvalue weighted by molar-refractivity contribution is 9.10. The number of nitrogens with one attached hydrogen (secondary N) is 1. The Bertz CT molecular complexity index is 773. The van der Waals surface area contributed by atoms with Crippen molar-refractivity contribution >= 4 is 39.0 Å². The van der Waals surface area contributed by atoms with Gasteiger partial charge in [-0.25, -0.2) is 0 Å². The van der Waals surface area contributed by atoms with Crippen LogP contribution in [-0.2, 0) is 9.59 Å². The zero-order valence-corrected chi connectivity index (χ0v) is 15.0. The van der Waals surface area contributed by atoms with Crippen molar-refractivity contribution in [3.63, 3.8) is 0 Å². The molecule has 1 aliphatic carbocycles. The summed E-state index contributed by atoms with van der Waals surface area (Å²) in [7, 11) is 1.65. The van der Waals surface area contributed by atoms with E-state index in [1.807, 2.05) is 12.1 Å². The van der Waals surface area contributed by atoms with Gasteiger partial charge < -0.3 is 10.2 Å². The minimum absolute atomic E-state index is 0.0893. The lowest BCUT2D eigenvalue weighted by Crippen LogP contribution is -2.37. The average Bonchev–Trinajstić information content (AvgIpc) is 2.81. The third-order valence-corrected chi connectivity index (χ3v) is 5.13. The van der Waals surface area contributed by atoms with E-state index < -0.39 is 5.91 Å². The molecule has 0 saturated heterocycles. The Balaban J connectivity index is 1.99. The van der Waals surface area contributed by atoms with Crippen LogP contribution in [0, 0.1) is 11.3 Å². The number of nitriles is 1. The van der Waals surface area contributed by atoms with Crippen molar-refractivity contribution in [2.24, 2.45) is 0 Å². The first-order valence-corrected chi connectivity index (χ1v) is 8.85. The minimum atomic E-state index is -0.450. The van der Waals surface area contributed by atoms with E-state index >= 15 is 0 Å². The summed E-state index contributed by atoms with van der Waals surface area (Å²) in [6.45, 7) is 0. The van der Waals surface area contributed by atoms with E-state index in [1.165, 1.54) is 11.3 Å². The molecule has 1 fully saturated rings. The fraction of sp³-hybridized carbons (Fsp3) is 0.389. The number of hydrogen-bond donors (Lipinski definition) is 1. The molecule has 1 N–H and O–H groups in total. The second-order valence-corrected chi connectivity index (χ2v) is 7.11. The summed E-state index contributed by atoms with van der Waals surface area (Å²) in [5, 5.41) is 12.5. The number of nitrogens with zero attached hydrogens (tertiary/aromatic N) is 2. The van der Waals surface area contributed by atoms with E-state index in [9.17, 15) is 14.9 Å². The summed E-state index contributed by atoms with van der Waals surface area (Å²) in [6.07, 6.45) is 5.20. The predicted molar refractivity (Wildman–Crippen MR) is 95.1 cm³/mol. The topological polar surface area (TPSA) is 73.2 Å². The molecule has 0 bridgehead atoms. The number of benzene rings is 1. The van der Waals surface area contributed by atoms with Gasteiger partial charge in [-0.3, -0.25) is 9.59 Å². The van der Waals surface area contributed by atoms with Gasteiger partial charge >= 0.3 is 0 Å². The molecule has 3 rings (SSSR count). The standard InChI is InChI=1S/C18H18BrN3O2/c1-22-15-8-7-11(19)9-13(15)16(18(22)24)14(10-20)17(23)21-12-5-3-2-4-6-12/h7-9,12H,2-6H2,1H3,(H,21,23)/b16-14-. The normalized spacial score (nSPS) is 19.7. The third kappa shape index (κ3) is 2.96. The largest absolute Gasteiger partial charge is 0.349 e. The Labute approximate surface area is 149 Å². The number of anilines is 1. The minimum Gasteiger partial charge on any atom is -0.349 e. The van der Waals surface area contributed by atoms with Crippen LogP contribution < -0.4 is 10.2 Å². The average molecular weight is 388 g/mol. The van der Waals surface area contributed by atoms with Crippen LogP contribution >= 0.6 is 15.9 Å². The van der Waals surface area contributed by atoms with Crippen molar-refractivity contribution in [1.82, 2.24) is 5.32 Å². The molecule has 24 heavy (non-hydrogen) atoms. The van der Waals surface area contributed by atoms with Gasteiger partial charge in [-0.15, -0.1) is 0 Å². The van der Waals surface area contributed by atoms with Gasteiger partial charge in [0.25, 0.3) is 11.8 Å². The Hall–Kier alpha value is -2.13. The molecule has 0 aromatic heterocycles. The van der Waals surface area contributed by atoms with Gasteiger partial charge in [-0.1, -0.05) is 35.2 Å². The number of amides is 2. The molecule has 6 heteroatoms. The van der Waals surface area contributed by atoms with Crippen LogP contribution in [0.5, 0.6) is 0 Å². The number of hydrogen-bond acceptors (Lipinski definition) is 3. The molecule has 2 aliphatic rings. The van der Waals surface area contributed by atoms with Crippen LogP contribution in [0.4, 0.5) is 5.69 Å². The van der Waals surface area contributed by atoms with Crippen LogP contribution in [0.2, 0.25) is 0 Å². The van der Waals surface area contributed by atoms with Crippen molar-refractivity contribution in [2.45, 2.75) is 38.1 Å². The van der Waals surface area contributed by atoms with Gasteiger partial charge in [0, 0.05) is 23.1 Å². The van der Waals surface area contributed by atoms with Gasteiger partial charge in [-0.05, 0) is 31.0 Å². The summed E-state index contributed by atoms with van der Waals surface area (Å²) in [5.41, 5.74) is 1.41. The molecule has 2 amide bonds. The number of fused-ring (bicyclic) bond motifs is 1. The lowest BCUT2D eigenvalue weighted by atomic mass is 9.94. The third-order valence-electron chi connectivity index (χ3n) is 4.64. The molecule has 124 valence electrons. The van der Waals surface area contributed by atoms with Crippen molar-refractivity contribution in [3.8, 4) is 6.07 Å². The fourth-order valence-corrected chi connectivity index (χ4v) is 3.72. The lowest BCUT2D eigenvalue weighted by molar-refractivity contribution is -0.118. The molecular formula is C18H18BrN3O2. The number of halogens is 1. The molecule has 1 heterocycles. The second kappa shape index (κ2) is 6.78. The first-order valence-electron chi connectivity index (χ1n) is 8.06. The van der Waals surface area contributed by atoms with Crippen LogP contribution in [-0.4, -0.2) is 24.9 Å². The zero-order chi connectivity index (χ0) is 17.3. The summed E-state index contributed by atoms with van der Waals surface area (Å²) < 4.78 is 0.798.